The van der Waals surface area contributed by atoms with E-state index in [4.69, 9.17) is 0 Å². The Labute approximate surface area is 97.6 Å². The zero-order valence-corrected chi connectivity index (χ0v) is 9.98. The third-order valence-electron chi connectivity index (χ3n) is 3.46. The van der Waals surface area contributed by atoms with E-state index in [1.807, 2.05) is 6.08 Å². The lowest BCUT2D eigenvalue weighted by atomic mass is 9.88. The molecule has 2 rings (SSSR count). The van der Waals surface area contributed by atoms with Crippen LogP contribution in [0.4, 0.5) is 0 Å². The summed E-state index contributed by atoms with van der Waals surface area (Å²) in [6.45, 7) is 8.35. The second-order valence-corrected chi connectivity index (χ2v) is 4.49. The Morgan fingerprint density at radius 3 is 2.38 bits per heavy atom. The van der Waals surface area contributed by atoms with E-state index in [-0.39, 0.29) is 0 Å². The first-order valence-corrected chi connectivity index (χ1v) is 5.83. The summed E-state index contributed by atoms with van der Waals surface area (Å²) in [5.41, 5.74) is 1.39. The molecule has 2 aromatic rings. The van der Waals surface area contributed by atoms with Crippen molar-refractivity contribution in [3.8, 4) is 0 Å². The van der Waals surface area contributed by atoms with Gasteiger partial charge in [-0.3, -0.25) is 0 Å². The van der Waals surface area contributed by atoms with Gasteiger partial charge in [-0.2, -0.15) is 0 Å². The maximum absolute atomic E-state index is 3.87. The Morgan fingerprint density at radius 1 is 1.00 bits per heavy atom. The molecule has 0 bridgehead atoms. The molecule has 2 atom stereocenters. The predicted octanol–water partition coefficient (Wildman–Crippen LogP) is 4.77. The molecule has 0 spiro atoms. The van der Waals surface area contributed by atoms with E-state index in [1.54, 1.807) is 0 Å². The Balaban J connectivity index is 2.42. The molecule has 0 aliphatic carbocycles. The van der Waals surface area contributed by atoms with E-state index >= 15 is 0 Å². The Bertz CT molecular complexity index is 496. The Kier molecular flexibility index (Phi) is 3.09. The van der Waals surface area contributed by atoms with Gasteiger partial charge in [0.15, 0.2) is 0 Å². The van der Waals surface area contributed by atoms with E-state index in [0.717, 1.165) is 0 Å². The monoisotopic (exact) mass is 210 g/mol. The quantitative estimate of drug-likeness (QED) is 0.640. The first-order chi connectivity index (χ1) is 7.72. The second kappa shape index (κ2) is 4.52. The van der Waals surface area contributed by atoms with Crippen molar-refractivity contribution in [1.82, 2.24) is 0 Å². The molecule has 16 heavy (non-hydrogen) atoms. The lowest BCUT2D eigenvalue weighted by Crippen LogP contribution is -2.02. The molecule has 0 N–H and O–H groups in total. The van der Waals surface area contributed by atoms with Gasteiger partial charge in [-0.05, 0) is 28.2 Å². The van der Waals surface area contributed by atoms with Crippen molar-refractivity contribution in [3.05, 3.63) is 60.7 Å². The molecule has 0 aliphatic rings. The van der Waals surface area contributed by atoms with Gasteiger partial charge in [-0.1, -0.05) is 62.4 Å². The molecule has 2 unspecified atom stereocenters. The van der Waals surface area contributed by atoms with Crippen molar-refractivity contribution in [2.75, 3.05) is 0 Å². The maximum atomic E-state index is 3.87. The molecule has 0 heterocycles. The van der Waals surface area contributed by atoms with Crippen molar-refractivity contribution >= 4 is 10.8 Å². The summed E-state index contributed by atoms with van der Waals surface area (Å²) in [4.78, 5) is 0. The molecule has 82 valence electrons. The number of fused-ring (bicyclic) bond motifs is 1. The summed E-state index contributed by atoms with van der Waals surface area (Å²) in [6, 6.07) is 15.2. The van der Waals surface area contributed by atoms with Crippen molar-refractivity contribution < 1.29 is 0 Å². The summed E-state index contributed by atoms with van der Waals surface area (Å²) in [5.74, 6) is 1.04. The zero-order valence-electron chi connectivity index (χ0n) is 9.98. The van der Waals surface area contributed by atoms with Crippen LogP contribution in [0.15, 0.2) is 55.1 Å². The minimum Gasteiger partial charge on any atom is -0.103 e. The Hall–Kier alpha value is -1.56. The molecule has 0 saturated carbocycles. The van der Waals surface area contributed by atoms with Crippen molar-refractivity contribution in [1.29, 1.82) is 0 Å². The van der Waals surface area contributed by atoms with Gasteiger partial charge in [0.05, 0.1) is 0 Å². The standard InChI is InChI=1S/C16H18/c1-4-12(2)13(3)15-10-9-14-7-5-6-8-16(14)11-15/h4-13H,1H2,2-3H3. The van der Waals surface area contributed by atoms with Crippen LogP contribution in [0.5, 0.6) is 0 Å². The fourth-order valence-corrected chi connectivity index (χ4v) is 2.00. The van der Waals surface area contributed by atoms with Gasteiger partial charge in [-0.15, -0.1) is 6.58 Å². The van der Waals surface area contributed by atoms with E-state index in [2.05, 4.69) is 62.9 Å². The van der Waals surface area contributed by atoms with Crippen LogP contribution in [0.25, 0.3) is 10.8 Å². The molecular formula is C16H18. The fraction of sp³-hybridized carbons (Fsp3) is 0.250. The summed E-state index contributed by atoms with van der Waals surface area (Å²) >= 11 is 0. The first-order valence-electron chi connectivity index (χ1n) is 5.83. The van der Waals surface area contributed by atoms with Gasteiger partial charge in [0.1, 0.15) is 0 Å². The van der Waals surface area contributed by atoms with Gasteiger partial charge in [-0.25, -0.2) is 0 Å². The van der Waals surface area contributed by atoms with Crippen LogP contribution >= 0.6 is 0 Å². The average molecular weight is 210 g/mol. The highest BCUT2D eigenvalue weighted by atomic mass is 14.2. The number of hydrogen-bond acceptors (Lipinski definition) is 0. The van der Waals surface area contributed by atoms with Crippen molar-refractivity contribution in [2.45, 2.75) is 19.8 Å². The minimum absolute atomic E-state index is 0.515. The van der Waals surface area contributed by atoms with Crippen LogP contribution in [-0.2, 0) is 0 Å². The summed E-state index contributed by atoms with van der Waals surface area (Å²) in [6.07, 6.45) is 2.03. The molecule has 0 amide bonds. The van der Waals surface area contributed by atoms with E-state index in [0.29, 0.717) is 11.8 Å². The van der Waals surface area contributed by atoms with Gasteiger partial charge < -0.3 is 0 Å². The molecule has 0 aliphatic heterocycles. The molecule has 0 radical (unpaired) electrons. The zero-order chi connectivity index (χ0) is 11.5. The second-order valence-electron chi connectivity index (χ2n) is 4.49. The summed E-state index contributed by atoms with van der Waals surface area (Å²) in [7, 11) is 0. The van der Waals surface area contributed by atoms with E-state index in [1.165, 1.54) is 16.3 Å². The number of rotatable bonds is 3. The number of benzene rings is 2. The highest BCUT2D eigenvalue weighted by Crippen LogP contribution is 2.27. The predicted molar refractivity (Wildman–Crippen MR) is 71.7 cm³/mol. The third-order valence-corrected chi connectivity index (χ3v) is 3.46. The molecule has 0 saturated heterocycles. The van der Waals surface area contributed by atoms with Gasteiger partial charge in [0.2, 0.25) is 0 Å². The van der Waals surface area contributed by atoms with Crippen LogP contribution in [0.1, 0.15) is 25.3 Å². The average Bonchev–Trinajstić information content (AvgIpc) is 2.36. The van der Waals surface area contributed by atoms with E-state index < -0.39 is 0 Å². The smallest absolute Gasteiger partial charge is 0.0130 e. The highest BCUT2D eigenvalue weighted by molar-refractivity contribution is 5.83. The topological polar surface area (TPSA) is 0 Å². The number of allylic oxidation sites excluding steroid dienone is 1. The molecule has 2 aromatic carbocycles. The molecule has 0 aromatic heterocycles. The lowest BCUT2D eigenvalue weighted by Gasteiger charge is -2.17. The molecule has 0 nitrogen and oxygen atoms in total. The van der Waals surface area contributed by atoms with Gasteiger partial charge in [0, 0.05) is 0 Å². The van der Waals surface area contributed by atoms with E-state index in [9.17, 15) is 0 Å². The van der Waals surface area contributed by atoms with Crippen LogP contribution in [0, 0.1) is 5.92 Å². The SMILES string of the molecule is C=CC(C)C(C)c1ccc2ccccc2c1. The third kappa shape index (κ3) is 2.01. The van der Waals surface area contributed by atoms with Gasteiger partial charge in [0.25, 0.3) is 0 Å². The van der Waals surface area contributed by atoms with Crippen LogP contribution in [-0.4, -0.2) is 0 Å². The largest absolute Gasteiger partial charge is 0.103 e. The minimum atomic E-state index is 0.515. The maximum Gasteiger partial charge on any atom is -0.0130 e. The lowest BCUT2D eigenvalue weighted by molar-refractivity contribution is 0.593. The van der Waals surface area contributed by atoms with Crippen molar-refractivity contribution in [2.24, 2.45) is 5.92 Å². The number of hydrogen-bond donors (Lipinski definition) is 0. The summed E-state index contributed by atoms with van der Waals surface area (Å²) < 4.78 is 0. The molecular weight excluding hydrogens is 192 g/mol. The van der Waals surface area contributed by atoms with Crippen molar-refractivity contribution in [3.63, 3.8) is 0 Å². The highest BCUT2D eigenvalue weighted by Gasteiger charge is 2.11. The Morgan fingerprint density at radius 2 is 1.69 bits per heavy atom. The fourth-order valence-electron chi connectivity index (χ4n) is 2.00. The first kappa shape index (κ1) is 10.9. The molecule has 0 heteroatoms. The normalized spacial score (nSPS) is 14.6. The van der Waals surface area contributed by atoms with Crippen LogP contribution in [0.2, 0.25) is 0 Å². The summed E-state index contributed by atoms with van der Waals surface area (Å²) in [5, 5.41) is 2.63. The molecule has 0 fully saturated rings. The van der Waals surface area contributed by atoms with Crippen LogP contribution < -0.4 is 0 Å². The van der Waals surface area contributed by atoms with Crippen LogP contribution in [0.3, 0.4) is 0 Å². The van der Waals surface area contributed by atoms with Gasteiger partial charge >= 0.3 is 0 Å².